The zero-order valence-electron chi connectivity index (χ0n) is 15.1. The molecule has 0 unspecified atom stereocenters. The van der Waals surface area contributed by atoms with E-state index in [1.165, 1.54) is 0 Å². The van der Waals surface area contributed by atoms with Crippen LogP contribution < -0.4 is 11.4 Å². The van der Waals surface area contributed by atoms with E-state index in [4.69, 9.17) is 5.73 Å². The number of aryl methyl sites for hydroxylation is 1. The first kappa shape index (κ1) is 17.4. The van der Waals surface area contributed by atoms with Gasteiger partial charge in [0.1, 0.15) is 0 Å². The summed E-state index contributed by atoms with van der Waals surface area (Å²) in [4.78, 5) is 32.4. The minimum atomic E-state index is -1.14. The fourth-order valence-electron chi connectivity index (χ4n) is 3.26. The van der Waals surface area contributed by atoms with Crippen LogP contribution in [0.2, 0.25) is 0 Å². The normalized spacial score (nSPS) is 11.1. The molecule has 0 spiro atoms. The first-order chi connectivity index (χ1) is 13.4. The summed E-state index contributed by atoms with van der Waals surface area (Å²) in [7, 11) is 0. The predicted molar refractivity (Wildman–Crippen MR) is 103 cm³/mol. The number of aromatic nitrogens is 5. The van der Waals surface area contributed by atoms with Gasteiger partial charge in [-0.05, 0) is 31.0 Å². The van der Waals surface area contributed by atoms with E-state index in [1.807, 2.05) is 30.3 Å². The number of H-pyrrole nitrogens is 1. The molecule has 0 saturated heterocycles. The molecule has 4 N–H and O–H groups in total. The maximum atomic E-state index is 12.2. The molecule has 9 nitrogen and oxygen atoms in total. The highest BCUT2D eigenvalue weighted by Crippen LogP contribution is 2.36. The van der Waals surface area contributed by atoms with Crippen LogP contribution in [0.1, 0.15) is 21.7 Å². The summed E-state index contributed by atoms with van der Waals surface area (Å²) >= 11 is 0. The number of nitrogens with zero attached hydrogens (tertiary/aromatic N) is 4. The lowest BCUT2D eigenvalue weighted by molar-refractivity contribution is 0.0689. The van der Waals surface area contributed by atoms with Crippen molar-refractivity contribution in [3.63, 3.8) is 0 Å². The summed E-state index contributed by atoms with van der Waals surface area (Å²) in [6.07, 6.45) is 0. The Morgan fingerprint density at radius 3 is 2.57 bits per heavy atom. The van der Waals surface area contributed by atoms with Gasteiger partial charge in [-0.2, -0.15) is 5.10 Å². The van der Waals surface area contributed by atoms with E-state index in [-0.39, 0.29) is 17.3 Å². The highest BCUT2D eigenvalue weighted by molar-refractivity contribution is 5.96. The number of pyridine rings is 1. The number of carboxylic acid groups (broad SMARTS) is 1. The number of hydrogen-bond donors (Lipinski definition) is 3. The van der Waals surface area contributed by atoms with Gasteiger partial charge in [0, 0.05) is 11.3 Å². The van der Waals surface area contributed by atoms with E-state index < -0.39 is 11.7 Å². The molecule has 140 valence electrons. The van der Waals surface area contributed by atoms with Crippen LogP contribution in [0.4, 0.5) is 5.95 Å². The number of aromatic amines is 1. The topological polar surface area (TPSA) is 139 Å². The number of benzene rings is 1. The van der Waals surface area contributed by atoms with Crippen molar-refractivity contribution >= 4 is 17.6 Å². The summed E-state index contributed by atoms with van der Waals surface area (Å²) < 4.78 is 1.16. The van der Waals surface area contributed by atoms with Gasteiger partial charge in [0.2, 0.25) is 5.95 Å². The van der Waals surface area contributed by atoms with Crippen LogP contribution in [0.3, 0.4) is 0 Å². The van der Waals surface area contributed by atoms with E-state index in [0.717, 1.165) is 9.96 Å². The monoisotopic (exact) mass is 376 g/mol. The maximum absolute atomic E-state index is 12.2. The summed E-state index contributed by atoms with van der Waals surface area (Å²) in [5.74, 6) is -1.15. The van der Waals surface area contributed by atoms with E-state index in [0.29, 0.717) is 28.1 Å². The molecule has 0 aliphatic rings. The fourth-order valence-corrected chi connectivity index (χ4v) is 3.26. The van der Waals surface area contributed by atoms with Gasteiger partial charge < -0.3 is 10.8 Å². The van der Waals surface area contributed by atoms with E-state index in [9.17, 15) is 14.7 Å². The number of nitrogens with one attached hydrogen (secondary N) is 1. The number of nitrogen functional groups attached to an aromatic ring is 1. The fraction of sp³-hybridized carbons (Fsp3) is 0.105. The summed E-state index contributed by atoms with van der Waals surface area (Å²) in [6.45, 7) is 3.37. The van der Waals surface area contributed by atoms with Gasteiger partial charge in [-0.1, -0.05) is 30.3 Å². The van der Waals surface area contributed by atoms with Gasteiger partial charge in [-0.25, -0.2) is 29.1 Å². The summed E-state index contributed by atoms with van der Waals surface area (Å²) in [5.41, 5.74) is 8.98. The SMILES string of the molecule is Cc1cc(-c2c(-c3ccccc3)nc(N)n3c(=O)[nH]nc23)c(C)c(C(=O)O)n1. The first-order valence-electron chi connectivity index (χ1n) is 8.42. The van der Waals surface area contributed by atoms with Gasteiger partial charge >= 0.3 is 11.7 Å². The number of aromatic carboxylic acids is 1. The van der Waals surface area contributed by atoms with E-state index in [1.54, 1.807) is 19.9 Å². The average Bonchev–Trinajstić information content (AvgIpc) is 3.06. The molecule has 0 aliphatic heterocycles. The largest absolute Gasteiger partial charge is 0.477 e. The lowest BCUT2D eigenvalue weighted by Gasteiger charge is -2.15. The molecule has 0 amide bonds. The summed E-state index contributed by atoms with van der Waals surface area (Å²) in [5, 5.41) is 16.0. The van der Waals surface area contributed by atoms with Crippen molar-refractivity contribution in [1.29, 1.82) is 0 Å². The molecule has 28 heavy (non-hydrogen) atoms. The second-order valence-electron chi connectivity index (χ2n) is 6.34. The third-order valence-electron chi connectivity index (χ3n) is 4.51. The van der Waals surface area contributed by atoms with E-state index >= 15 is 0 Å². The third kappa shape index (κ3) is 2.60. The quantitative estimate of drug-likeness (QED) is 0.497. The molecule has 0 bridgehead atoms. The Labute approximate surface area is 158 Å². The molecule has 4 rings (SSSR count). The van der Waals surface area contributed by atoms with Gasteiger partial charge in [0.25, 0.3) is 0 Å². The molecule has 1 aromatic carbocycles. The van der Waals surface area contributed by atoms with Crippen molar-refractivity contribution in [2.24, 2.45) is 0 Å². The second-order valence-corrected chi connectivity index (χ2v) is 6.34. The van der Waals surface area contributed by atoms with Crippen molar-refractivity contribution in [2.75, 3.05) is 5.73 Å². The number of nitrogens with two attached hydrogens (primary N) is 1. The smallest absolute Gasteiger partial charge is 0.354 e. The molecule has 3 aromatic heterocycles. The molecule has 0 radical (unpaired) electrons. The van der Waals surface area contributed by atoms with Crippen molar-refractivity contribution in [1.82, 2.24) is 24.6 Å². The molecular weight excluding hydrogens is 360 g/mol. The molecular formula is C19H16N6O3. The predicted octanol–water partition coefficient (Wildman–Crippen LogP) is 2.04. The Bertz CT molecular complexity index is 1290. The first-order valence-corrected chi connectivity index (χ1v) is 8.42. The Kier molecular flexibility index (Phi) is 3.92. The molecule has 3 heterocycles. The van der Waals surface area contributed by atoms with Crippen LogP contribution in [0, 0.1) is 13.8 Å². The molecule has 0 saturated carbocycles. The van der Waals surface area contributed by atoms with Gasteiger partial charge in [0.15, 0.2) is 11.3 Å². The lowest BCUT2D eigenvalue weighted by atomic mass is 9.95. The number of carboxylic acids is 1. The number of anilines is 1. The van der Waals surface area contributed by atoms with Crippen LogP contribution in [-0.2, 0) is 0 Å². The van der Waals surface area contributed by atoms with E-state index in [2.05, 4.69) is 20.2 Å². The minimum absolute atomic E-state index is 0.0155. The second kappa shape index (κ2) is 6.31. The zero-order valence-corrected chi connectivity index (χ0v) is 15.1. The molecule has 4 aromatic rings. The average molecular weight is 376 g/mol. The van der Waals surface area contributed by atoms with Crippen molar-refractivity contribution in [3.8, 4) is 22.4 Å². The van der Waals surface area contributed by atoms with Crippen LogP contribution in [0.15, 0.2) is 41.2 Å². The highest BCUT2D eigenvalue weighted by atomic mass is 16.4. The van der Waals surface area contributed by atoms with Gasteiger partial charge in [-0.3, -0.25) is 0 Å². The highest BCUT2D eigenvalue weighted by Gasteiger charge is 2.23. The Morgan fingerprint density at radius 1 is 1.18 bits per heavy atom. The Balaban J connectivity index is 2.20. The number of rotatable bonds is 3. The number of carbonyl (C=O) groups is 1. The zero-order chi connectivity index (χ0) is 20.0. The van der Waals surface area contributed by atoms with Crippen molar-refractivity contribution in [2.45, 2.75) is 13.8 Å². The molecule has 0 aliphatic carbocycles. The molecule has 0 fully saturated rings. The lowest BCUT2D eigenvalue weighted by Crippen LogP contribution is -2.16. The van der Waals surface area contributed by atoms with Crippen LogP contribution >= 0.6 is 0 Å². The Hall–Kier alpha value is -4.01. The van der Waals surface area contributed by atoms with Crippen LogP contribution in [0.5, 0.6) is 0 Å². The molecule has 9 heteroatoms. The van der Waals surface area contributed by atoms with Crippen LogP contribution in [-0.4, -0.2) is 35.6 Å². The number of hydrogen-bond acceptors (Lipinski definition) is 6. The minimum Gasteiger partial charge on any atom is -0.477 e. The third-order valence-corrected chi connectivity index (χ3v) is 4.51. The number of fused-ring (bicyclic) bond motifs is 1. The van der Waals surface area contributed by atoms with Gasteiger partial charge in [-0.15, -0.1) is 0 Å². The molecule has 0 atom stereocenters. The summed E-state index contributed by atoms with van der Waals surface area (Å²) in [6, 6.07) is 11.0. The van der Waals surface area contributed by atoms with Crippen molar-refractivity contribution < 1.29 is 9.90 Å². The maximum Gasteiger partial charge on any atom is 0.354 e. The Morgan fingerprint density at radius 2 is 1.89 bits per heavy atom. The van der Waals surface area contributed by atoms with Crippen LogP contribution in [0.25, 0.3) is 28.0 Å². The van der Waals surface area contributed by atoms with Crippen molar-refractivity contribution in [3.05, 3.63) is 63.8 Å². The van der Waals surface area contributed by atoms with Gasteiger partial charge in [0.05, 0.1) is 11.3 Å². The standard InChI is InChI=1S/C19H16N6O3/c1-9-8-12(10(2)14(21-9)17(26)27)13-15(11-6-4-3-5-7-11)22-18(20)25-16(13)23-24-19(25)28/h3-8H,1-2H3,(H2,20,22)(H,24,28)(H,26,27).